The Hall–Kier alpha value is -1.55. The zero-order valence-electron chi connectivity index (χ0n) is 17.1. The summed E-state index contributed by atoms with van der Waals surface area (Å²) < 4.78 is 6.31. The van der Waals surface area contributed by atoms with Crippen molar-refractivity contribution in [2.45, 2.75) is 76.9 Å². The number of hydrogen-bond donors (Lipinski definition) is 1. The van der Waals surface area contributed by atoms with Crippen molar-refractivity contribution in [2.24, 2.45) is 11.3 Å². The van der Waals surface area contributed by atoms with Crippen LogP contribution >= 0.6 is 0 Å². The molecule has 0 bridgehead atoms. The lowest BCUT2D eigenvalue weighted by Crippen LogP contribution is -2.61. The molecule has 1 heterocycles. The molecule has 1 amide bonds. The van der Waals surface area contributed by atoms with E-state index in [-0.39, 0.29) is 28.8 Å². The molecule has 3 aliphatic rings. The summed E-state index contributed by atoms with van der Waals surface area (Å²) in [5.41, 5.74) is 1.05. The van der Waals surface area contributed by atoms with Crippen molar-refractivity contribution in [2.75, 3.05) is 13.1 Å². The molecule has 27 heavy (non-hydrogen) atoms. The quantitative estimate of drug-likeness (QED) is 0.876. The molecule has 1 aliphatic heterocycles. The zero-order chi connectivity index (χ0) is 19.4. The maximum atomic E-state index is 12.5. The fourth-order valence-electron chi connectivity index (χ4n) is 5.12. The normalized spacial score (nSPS) is 32.1. The van der Waals surface area contributed by atoms with Crippen LogP contribution in [0.4, 0.5) is 0 Å². The van der Waals surface area contributed by atoms with Crippen LogP contribution in [-0.2, 0) is 10.2 Å². The van der Waals surface area contributed by atoms with Gasteiger partial charge in [0.1, 0.15) is 5.75 Å². The van der Waals surface area contributed by atoms with Crippen molar-refractivity contribution < 1.29 is 14.6 Å². The van der Waals surface area contributed by atoms with Crippen molar-refractivity contribution in [3.8, 4) is 5.75 Å². The molecule has 1 N–H and O–H groups in total. The first-order valence-corrected chi connectivity index (χ1v) is 10.3. The smallest absolute Gasteiger partial charge is 0.225 e. The van der Waals surface area contributed by atoms with Crippen LogP contribution in [0.2, 0.25) is 0 Å². The number of amides is 1. The Morgan fingerprint density at radius 2 is 1.93 bits per heavy atom. The van der Waals surface area contributed by atoms with E-state index < -0.39 is 5.60 Å². The van der Waals surface area contributed by atoms with Crippen molar-refractivity contribution in [1.82, 2.24) is 4.90 Å². The molecular formula is C23H33NO3. The second kappa shape index (κ2) is 6.23. The van der Waals surface area contributed by atoms with Crippen LogP contribution in [0, 0.1) is 11.3 Å². The molecule has 3 fully saturated rings. The minimum absolute atomic E-state index is 0.0333. The van der Waals surface area contributed by atoms with Crippen LogP contribution in [0.5, 0.6) is 5.75 Å². The molecule has 0 radical (unpaired) electrons. The van der Waals surface area contributed by atoms with E-state index in [1.165, 1.54) is 5.56 Å². The fourth-order valence-corrected chi connectivity index (χ4v) is 5.12. The second-order valence-corrected chi connectivity index (χ2v) is 10.6. The third kappa shape index (κ3) is 3.73. The predicted molar refractivity (Wildman–Crippen MR) is 106 cm³/mol. The van der Waals surface area contributed by atoms with Crippen molar-refractivity contribution in [3.05, 3.63) is 29.8 Å². The molecule has 4 heteroatoms. The summed E-state index contributed by atoms with van der Waals surface area (Å²) >= 11 is 0. The first kappa shape index (κ1) is 18.8. The lowest BCUT2D eigenvalue weighted by Gasteiger charge is -2.51. The number of hydrogen-bond acceptors (Lipinski definition) is 3. The lowest BCUT2D eigenvalue weighted by molar-refractivity contribution is -0.161. The van der Waals surface area contributed by atoms with E-state index in [0.717, 1.165) is 38.1 Å². The molecule has 1 saturated heterocycles. The minimum Gasteiger partial charge on any atom is -0.490 e. The summed E-state index contributed by atoms with van der Waals surface area (Å²) in [7, 11) is 0. The summed E-state index contributed by atoms with van der Waals surface area (Å²) in [5.74, 6) is 1.24. The predicted octanol–water partition coefficient (Wildman–Crippen LogP) is 3.91. The number of rotatable bonds is 3. The third-order valence-electron chi connectivity index (χ3n) is 6.75. The summed E-state index contributed by atoms with van der Waals surface area (Å²) in [6.45, 7) is 10.2. The van der Waals surface area contributed by atoms with E-state index in [1.807, 2.05) is 11.8 Å². The van der Waals surface area contributed by atoms with Gasteiger partial charge in [-0.3, -0.25) is 4.79 Å². The fraction of sp³-hybridized carbons (Fsp3) is 0.696. The summed E-state index contributed by atoms with van der Waals surface area (Å²) in [5, 5.41) is 9.87. The Balaban J connectivity index is 1.30. The van der Waals surface area contributed by atoms with Crippen LogP contribution < -0.4 is 4.74 Å². The molecule has 4 rings (SSSR count). The van der Waals surface area contributed by atoms with Gasteiger partial charge in [-0.05, 0) is 62.1 Å². The largest absolute Gasteiger partial charge is 0.490 e. The van der Waals surface area contributed by atoms with Gasteiger partial charge in [-0.25, -0.2) is 0 Å². The van der Waals surface area contributed by atoms with E-state index in [1.54, 1.807) is 0 Å². The molecular weight excluding hydrogens is 338 g/mol. The number of ether oxygens (including phenoxy) is 1. The standard InChI is InChI=1S/C23H33NO3/c1-21(2,3)17-6-5-7-18(10-17)27-19-8-9-23(13-19)14-24(15-23)20(25)16-11-22(4,26)12-16/h5-7,10,16,19,26H,8-9,11-15H2,1-4H3/t16?,19-,22?/m1/s1. The van der Waals surface area contributed by atoms with Crippen LogP contribution in [0.1, 0.15) is 65.4 Å². The molecule has 2 saturated carbocycles. The monoisotopic (exact) mass is 371 g/mol. The van der Waals surface area contributed by atoms with E-state index in [0.29, 0.717) is 12.8 Å². The highest BCUT2D eigenvalue weighted by atomic mass is 16.5. The van der Waals surface area contributed by atoms with E-state index in [9.17, 15) is 9.90 Å². The van der Waals surface area contributed by atoms with E-state index in [2.05, 4.69) is 45.0 Å². The van der Waals surface area contributed by atoms with Gasteiger partial charge in [-0.15, -0.1) is 0 Å². The van der Waals surface area contributed by atoms with E-state index >= 15 is 0 Å². The molecule has 1 atom stereocenters. The zero-order valence-corrected chi connectivity index (χ0v) is 17.1. The number of benzene rings is 1. The van der Waals surface area contributed by atoms with Gasteiger partial charge in [0.15, 0.2) is 0 Å². The number of carbonyl (C=O) groups excluding carboxylic acids is 1. The van der Waals surface area contributed by atoms with Crippen LogP contribution in [-0.4, -0.2) is 40.7 Å². The highest BCUT2D eigenvalue weighted by Crippen LogP contribution is 2.48. The van der Waals surface area contributed by atoms with Gasteiger partial charge in [0.2, 0.25) is 5.91 Å². The number of likely N-dealkylation sites (tertiary alicyclic amines) is 1. The first-order valence-electron chi connectivity index (χ1n) is 10.3. The van der Waals surface area contributed by atoms with Crippen LogP contribution in [0.3, 0.4) is 0 Å². The van der Waals surface area contributed by atoms with Gasteiger partial charge < -0.3 is 14.7 Å². The lowest BCUT2D eigenvalue weighted by atomic mass is 9.70. The molecule has 0 aromatic heterocycles. The van der Waals surface area contributed by atoms with Crippen molar-refractivity contribution in [3.63, 3.8) is 0 Å². The SMILES string of the molecule is CC1(O)CC(C(=O)N2CC3(CC[C@@H](Oc4cccc(C(C)(C)C)c4)C3)C2)C1. The average Bonchev–Trinajstić information content (AvgIpc) is 2.94. The van der Waals surface area contributed by atoms with Crippen LogP contribution in [0.25, 0.3) is 0 Å². The maximum Gasteiger partial charge on any atom is 0.225 e. The molecule has 0 unspecified atom stereocenters. The average molecular weight is 372 g/mol. The second-order valence-electron chi connectivity index (χ2n) is 10.6. The van der Waals surface area contributed by atoms with Gasteiger partial charge in [0.05, 0.1) is 11.7 Å². The Bertz CT molecular complexity index is 719. The Morgan fingerprint density at radius 3 is 2.56 bits per heavy atom. The number of nitrogens with zero attached hydrogens (tertiary/aromatic N) is 1. The third-order valence-corrected chi connectivity index (χ3v) is 6.75. The highest BCUT2D eigenvalue weighted by molar-refractivity contribution is 5.81. The molecule has 148 valence electrons. The van der Waals surface area contributed by atoms with Gasteiger partial charge >= 0.3 is 0 Å². The number of aliphatic hydroxyl groups is 1. The van der Waals surface area contributed by atoms with Gasteiger partial charge in [0, 0.05) is 24.4 Å². The van der Waals surface area contributed by atoms with Gasteiger partial charge in [-0.1, -0.05) is 32.9 Å². The summed E-state index contributed by atoms with van der Waals surface area (Å²) in [6.07, 6.45) is 4.74. The molecule has 1 spiro atoms. The van der Waals surface area contributed by atoms with Crippen molar-refractivity contribution >= 4 is 5.91 Å². The maximum absolute atomic E-state index is 12.5. The Labute approximate surface area is 162 Å². The topological polar surface area (TPSA) is 49.8 Å². The molecule has 1 aromatic carbocycles. The van der Waals surface area contributed by atoms with E-state index in [4.69, 9.17) is 4.74 Å². The van der Waals surface area contributed by atoms with Crippen LogP contribution in [0.15, 0.2) is 24.3 Å². The summed E-state index contributed by atoms with van der Waals surface area (Å²) in [4.78, 5) is 14.5. The Kier molecular flexibility index (Phi) is 4.34. The molecule has 2 aliphatic carbocycles. The molecule has 1 aromatic rings. The highest BCUT2D eigenvalue weighted by Gasteiger charge is 2.53. The minimum atomic E-state index is -0.628. The first-order chi connectivity index (χ1) is 12.6. The van der Waals surface area contributed by atoms with Gasteiger partial charge in [0.25, 0.3) is 0 Å². The Morgan fingerprint density at radius 1 is 1.22 bits per heavy atom. The molecule has 4 nitrogen and oxygen atoms in total. The van der Waals surface area contributed by atoms with Crippen molar-refractivity contribution in [1.29, 1.82) is 0 Å². The number of carbonyl (C=O) groups is 1. The summed E-state index contributed by atoms with van der Waals surface area (Å²) in [6, 6.07) is 8.47. The van der Waals surface area contributed by atoms with Gasteiger partial charge in [-0.2, -0.15) is 0 Å².